The quantitative estimate of drug-likeness (QED) is 0.488. The van der Waals surface area contributed by atoms with Crippen molar-refractivity contribution in [3.05, 3.63) is 86.6 Å². The van der Waals surface area contributed by atoms with Crippen LogP contribution in [0.2, 0.25) is 0 Å². The van der Waals surface area contributed by atoms with E-state index in [1.54, 1.807) is 22.4 Å². The Morgan fingerprint density at radius 2 is 1.93 bits per heavy atom. The summed E-state index contributed by atoms with van der Waals surface area (Å²) in [5, 5.41) is 0.987. The molecule has 0 aliphatic carbocycles. The van der Waals surface area contributed by atoms with Crippen LogP contribution in [-0.4, -0.2) is 17.1 Å². The fourth-order valence-electron chi connectivity index (χ4n) is 3.08. The van der Waals surface area contributed by atoms with E-state index in [-0.39, 0.29) is 11.0 Å². The first-order valence-electron chi connectivity index (χ1n) is 8.62. The molecule has 7 heteroatoms. The lowest BCUT2D eigenvalue weighted by Crippen LogP contribution is -2.35. The van der Waals surface area contributed by atoms with Crippen LogP contribution in [0.25, 0.3) is 11.1 Å². The van der Waals surface area contributed by atoms with Crippen molar-refractivity contribution in [3.8, 4) is 0 Å². The van der Waals surface area contributed by atoms with Gasteiger partial charge >= 0.3 is 0 Å². The second-order valence-electron chi connectivity index (χ2n) is 6.29. The minimum atomic E-state index is 0. The van der Waals surface area contributed by atoms with E-state index < -0.39 is 0 Å². The largest absolute Gasteiger partial charge is 0.870 e. The first-order valence-corrected chi connectivity index (χ1v) is 10.3. The lowest BCUT2D eigenvalue weighted by molar-refractivity contribution is -0.673. The van der Waals surface area contributed by atoms with E-state index in [2.05, 4.69) is 29.7 Å². The van der Waals surface area contributed by atoms with Gasteiger partial charge in [0.15, 0.2) is 6.20 Å². The van der Waals surface area contributed by atoms with Crippen molar-refractivity contribution in [1.82, 2.24) is 4.57 Å². The second kappa shape index (κ2) is 8.18. The van der Waals surface area contributed by atoms with Crippen LogP contribution < -0.4 is 24.2 Å². The van der Waals surface area contributed by atoms with Crippen molar-refractivity contribution in [2.75, 3.05) is 11.9 Å². The van der Waals surface area contributed by atoms with Crippen LogP contribution >= 0.6 is 23.1 Å². The number of rotatable bonds is 3. The summed E-state index contributed by atoms with van der Waals surface area (Å²) >= 11 is 3.19. The maximum absolute atomic E-state index is 13.2. The number of aromatic nitrogens is 2. The number of benzene rings is 1. The average molecular weight is 412 g/mol. The summed E-state index contributed by atoms with van der Waals surface area (Å²) < 4.78 is 5.53. The summed E-state index contributed by atoms with van der Waals surface area (Å²) in [7, 11) is 4.02. The topological polar surface area (TPSA) is 59.1 Å². The van der Waals surface area contributed by atoms with Crippen LogP contribution in [-0.2, 0) is 13.6 Å². The molecule has 5 nitrogen and oxygen atoms in total. The highest BCUT2D eigenvalue weighted by Gasteiger charge is 2.24. The zero-order valence-corrected chi connectivity index (χ0v) is 17.3. The molecule has 0 saturated heterocycles. The lowest BCUT2D eigenvalue weighted by atomic mass is 10.3. The second-order valence-corrected chi connectivity index (χ2v) is 8.35. The number of anilines is 1. The van der Waals surface area contributed by atoms with Crippen molar-refractivity contribution in [1.29, 1.82) is 0 Å². The summed E-state index contributed by atoms with van der Waals surface area (Å²) in [5.74, 6) is 0. The molecule has 28 heavy (non-hydrogen) atoms. The molecule has 0 saturated carbocycles. The molecule has 144 valence electrons. The number of fused-ring (bicyclic) bond motifs is 1. The Morgan fingerprint density at radius 3 is 2.64 bits per heavy atom. The summed E-state index contributed by atoms with van der Waals surface area (Å²) in [5.41, 5.74) is 2.22. The minimum absolute atomic E-state index is 0. The van der Waals surface area contributed by atoms with Gasteiger partial charge in [-0.05, 0) is 18.2 Å². The SMILES string of the molecule is C=CCn1c(=Cc2cccc[n+]2C)sc(=C2Sc3ccccc3N2C)c1=O.[OH-]. The number of hydrogen-bond donors (Lipinski definition) is 0. The van der Waals surface area contributed by atoms with E-state index in [0.29, 0.717) is 6.54 Å². The molecule has 0 spiro atoms. The average Bonchev–Trinajstić information content (AvgIpc) is 3.16. The smallest absolute Gasteiger partial charge is 0.272 e. The van der Waals surface area contributed by atoms with E-state index >= 15 is 0 Å². The van der Waals surface area contributed by atoms with Gasteiger partial charge in [0.05, 0.1) is 5.69 Å². The Morgan fingerprint density at radius 1 is 1.18 bits per heavy atom. The standard InChI is InChI=1S/C21H20N3OS2.H2O/c1-4-12-24-18(14-15-9-7-8-13-22(15)2)27-19(20(24)25)21-23(3)16-10-5-6-11-17(16)26-21;/h4-11,13-14H,1,12H2,2-3H3;1H2/q+1;/p-1. The predicted molar refractivity (Wildman–Crippen MR) is 115 cm³/mol. The summed E-state index contributed by atoms with van der Waals surface area (Å²) in [4.78, 5) is 16.5. The van der Waals surface area contributed by atoms with Crippen molar-refractivity contribution in [2.45, 2.75) is 11.4 Å². The lowest BCUT2D eigenvalue weighted by Gasteiger charge is -2.11. The first kappa shape index (κ1) is 20.1. The molecule has 2 aromatic heterocycles. The number of hydrogen-bond acceptors (Lipinski definition) is 5. The number of aryl methyl sites for hydroxylation is 1. The molecule has 1 aromatic carbocycles. The van der Waals surface area contributed by atoms with Gasteiger partial charge in [-0.25, -0.2) is 4.57 Å². The summed E-state index contributed by atoms with van der Waals surface area (Å²) in [6.07, 6.45) is 5.83. The summed E-state index contributed by atoms with van der Waals surface area (Å²) in [6, 6.07) is 14.3. The Labute approximate surface area is 171 Å². The Balaban J connectivity index is 0.00000225. The third-order valence-electron chi connectivity index (χ3n) is 4.52. The van der Waals surface area contributed by atoms with Gasteiger partial charge in [-0.2, -0.15) is 0 Å². The van der Waals surface area contributed by atoms with Gasteiger partial charge in [0.25, 0.3) is 5.56 Å². The van der Waals surface area contributed by atoms with E-state index in [1.165, 1.54) is 16.2 Å². The molecule has 0 bridgehead atoms. The number of thiazole rings is 1. The molecule has 3 aromatic rings. The number of allylic oxidation sites excluding steroid dienone is 1. The zero-order valence-electron chi connectivity index (χ0n) is 15.7. The predicted octanol–water partition coefficient (Wildman–Crippen LogP) is 1.88. The molecule has 0 amide bonds. The molecule has 4 rings (SSSR count). The molecule has 0 unspecified atom stereocenters. The van der Waals surface area contributed by atoms with Crippen molar-refractivity contribution in [3.63, 3.8) is 0 Å². The molecule has 1 aliphatic rings. The van der Waals surface area contributed by atoms with Crippen LogP contribution in [0.3, 0.4) is 0 Å². The maximum Gasteiger partial charge on any atom is 0.272 e. The molecule has 0 fully saturated rings. The minimum Gasteiger partial charge on any atom is -0.870 e. The third-order valence-corrected chi connectivity index (χ3v) is 7.01. The maximum atomic E-state index is 13.2. The molecule has 3 heterocycles. The molecule has 1 N–H and O–H groups in total. The van der Waals surface area contributed by atoms with Gasteiger partial charge in [0.1, 0.15) is 21.3 Å². The Kier molecular flexibility index (Phi) is 5.88. The van der Waals surface area contributed by atoms with Crippen LogP contribution in [0.1, 0.15) is 5.69 Å². The Bertz CT molecular complexity index is 1210. The molecule has 0 radical (unpaired) electrons. The van der Waals surface area contributed by atoms with Crippen molar-refractivity contribution >= 4 is 39.9 Å². The Hall–Kier alpha value is -2.61. The van der Waals surface area contributed by atoms with Gasteiger partial charge in [0, 0.05) is 36.7 Å². The monoisotopic (exact) mass is 411 g/mol. The van der Waals surface area contributed by atoms with Gasteiger partial charge in [-0.1, -0.05) is 30.0 Å². The highest BCUT2D eigenvalue weighted by Crippen LogP contribution is 2.44. The van der Waals surface area contributed by atoms with E-state index in [0.717, 1.165) is 25.6 Å². The highest BCUT2D eigenvalue weighted by atomic mass is 32.2. The first-order chi connectivity index (χ1) is 13.1. The van der Waals surface area contributed by atoms with Crippen LogP contribution in [0, 0.1) is 0 Å². The highest BCUT2D eigenvalue weighted by molar-refractivity contribution is 8.08. The van der Waals surface area contributed by atoms with E-state index in [9.17, 15) is 4.79 Å². The zero-order chi connectivity index (χ0) is 19.0. The molecule has 1 aliphatic heterocycles. The molecular weight excluding hydrogens is 390 g/mol. The normalized spacial score (nSPS) is 15.4. The molecular formula is C21H21N3O2S2. The fourth-order valence-corrected chi connectivity index (χ4v) is 5.49. The van der Waals surface area contributed by atoms with Crippen molar-refractivity contribution in [2.24, 2.45) is 7.05 Å². The fraction of sp³-hybridized carbons (Fsp3) is 0.143. The number of thioether (sulfide) groups is 1. The van der Waals surface area contributed by atoms with Crippen LogP contribution in [0.5, 0.6) is 0 Å². The third kappa shape index (κ3) is 3.44. The summed E-state index contributed by atoms with van der Waals surface area (Å²) in [6.45, 7) is 4.31. The van der Waals surface area contributed by atoms with Gasteiger partial charge < -0.3 is 10.4 Å². The van der Waals surface area contributed by atoms with Crippen molar-refractivity contribution < 1.29 is 10.0 Å². The van der Waals surface area contributed by atoms with Crippen LogP contribution in [0.15, 0.2) is 71.0 Å². The van der Waals surface area contributed by atoms with Gasteiger partial charge in [-0.3, -0.25) is 9.36 Å². The number of pyridine rings is 1. The van der Waals surface area contributed by atoms with E-state index in [4.69, 9.17) is 0 Å². The number of nitrogens with zero attached hydrogens (tertiary/aromatic N) is 3. The van der Waals surface area contributed by atoms with Gasteiger partial charge in [-0.15, -0.1) is 17.9 Å². The number of para-hydroxylation sites is 1. The van der Waals surface area contributed by atoms with Crippen LogP contribution in [0.4, 0.5) is 5.69 Å². The van der Waals surface area contributed by atoms with Gasteiger partial charge in [0.2, 0.25) is 5.69 Å². The van der Waals surface area contributed by atoms with E-state index in [1.807, 2.05) is 55.2 Å². The molecule has 0 atom stereocenters.